The van der Waals surface area contributed by atoms with Crippen molar-refractivity contribution in [3.63, 3.8) is 0 Å². The van der Waals surface area contributed by atoms with Gasteiger partial charge in [-0.3, -0.25) is 14.8 Å². The molecule has 1 aromatic heterocycles. The molecule has 1 amide bonds. The molecular formula is C27H19N3O6. The van der Waals surface area contributed by atoms with Gasteiger partial charge in [0.1, 0.15) is 18.0 Å². The Morgan fingerprint density at radius 3 is 2.53 bits per heavy atom. The van der Waals surface area contributed by atoms with Crippen molar-refractivity contribution in [1.29, 1.82) is 0 Å². The summed E-state index contributed by atoms with van der Waals surface area (Å²) in [5.41, 5.74) is 3.87. The SMILES string of the molecule is O=C1c2ccccc2CN1C1=C(C2Cc3ccccc3OO2)C(n2c(=O)oc3ccccc32)=C[NH+]1[O-]. The molecule has 9 heteroatoms. The molecule has 4 aromatic rings. The van der Waals surface area contributed by atoms with Gasteiger partial charge >= 0.3 is 5.76 Å². The number of nitrogens with zero attached hydrogens (tertiary/aromatic N) is 2. The summed E-state index contributed by atoms with van der Waals surface area (Å²) in [5.74, 6) is -0.150. The molecule has 0 saturated heterocycles. The van der Waals surface area contributed by atoms with Crippen LogP contribution in [0.15, 0.2) is 99.6 Å². The summed E-state index contributed by atoms with van der Waals surface area (Å²) in [6.45, 7) is 0.242. The van der Waals surface area contributed by atoms with Gasteiger partial charge in [0, 0.05) is 17.5 Å². The summed E-state index contributed by atoms with van der Waals surface area (Å²) in [6, 6.07) is 21.7. The fourth-order valence-corrected chi connectivity index (χ4v) is 5.18. The number of carbonyl (C=O) groups excluding carboxylic acids is 1. The lowest BCUT2D eigenvalue weighted by atomic mass is 9.98. The highest BCUT2D eigenvalue weighted by atomic mass is 17.2. The summed E-state index contributed by atoms with van der Waals surface area (Å²) in [4.78, 5) is 39.2. The number of benzene rings is 3. The summed E-state index contributed by atoms with van der Waals surface area (Å²) < 4.78 is 6.81. The quantitative estimate of drug-likeness (QED) is 0.357. The lowest BCUT2D eigenvalue weighted by molar-refractivity contribution is -0.753. The fourth-order valence-electron chi connectivity index (χ4n) is 5.18. The molecule has 0 radical (unpaired) electrons. The number of nitrogens with one attached hydrogen (secondary N) is 1. The second-order valence-electron chi connectivity index (χ2n) is 8.86. The minimum absolute atomic E-state index is 0.177. The molecule has 3 aliphatic heterocycles. The number of rotatable bonds is 3. The first kappa shape index (κ1) is 20.9. The highest BCUT2D eigenvalue weighted by molar-refractivity contribution is 5.99. The molecule has 7 rings (SSSR count). The number of hydroxylamine groups is 2. The number of hydrogen-bond donors (Lipinski definition) is 1. The number of para-hydroxylation sites is 3. The van der Waals surface area contributed by atoms with Gasteiger partial charge in [-0.25, -0.2) is 9.36 Å². The van der Waals surface area contributed by atoms with E-state index in [4.69, 9.17) is 14.2 Å². The Morgan fingerprint density at radius 2 is 1.67 bits per heavy atom. The minimum atomic E-state index is -0.746. The molecule has 1 N–H and O–H groups in total. The van der Waals surface area contributed by atoms with Gasteiger partial charge in [0.15, 0.2) is 11.3 Å². The number of aromatic nitrogens is 1. The molecule has 0 saturated carbocycles. The van der Waals surface area contributed by atoms with Gasteiger partial charge in [0.25, 0.3) is 5.91 Å². The lowest BCUT2D eigenvalue weighted by Gasteiger charge is -2.29. The van der Waals surface area contributed by atoms with Crippen LogP contribution in [0.2, 0.25) is 0 Å². The van der Waals surface area contributed by atoms with Crippen LogP contribution in [-0.4, -0.2) is 21.5 Å². The minimum Gasteiger partial charge on any atom is -0.623 e. The molecule has 9 nitrogen and oxygen atoms in total. The highest BCUT2D eigenvalue weighted by Gasteiger charge is 2.44. The van der Waals surface area contributed by atoms with Crippen LogP contribution in [0, 0.1) is 5.21 Å². The maximum Gasteiger partial charge on any atom is 0.424 e. The molecule has 0 bridgehead atoms. The van der Waals surface area contributed by atoms with E-state index in [-0.39, 0.29) is 23.3 Å². The van der Waals surface area contributed by atoms with Crippen LogP contribution in [0.5, 0.6) is 5.75 Å². The molecule has 0 fully saturated rings. The Morgan fingerprint density at radius 1 is 0.917 bits per heavy atom. The normalized spacial score (nSPS) is 21.0. The van der Waals surface area contributed by atoms with Gasteiger partial charge in [0.2, 0.25) is 5.82 Å². The number of quaternary nitrogens is 1. The Kier molecular flexibility index (Phi) is 4.52. The molecule has 36 heavy (non-hydrogen) atoms. The zero-order valence-electron chi connectivity index (χ0n) is 18.8. The van der Waals surface area contributed by atoms with E-state index in [1.807, 2.05) is 30.3 Å². The third kappa shape index (κ3) is 3.01. The Balaban J connectivity index is 1.42. The van der Waals surface area contributed by atoms with Crippen LogP contribution < -0.4 is 15.7 Å². The van der Waals surface area contributed by atoms with Crippen molar-refractivity contribution in [2.45, 2.75) is 19.1 Å². The van der Waals surface area contributed by atoms with E-state index in [0.717, 1.165) is 11.1 Å². The van der Waals surface area contributed by atoms with E-state index in [2.05, 4.69) is 0 Å². The van der Waals surface area contributed by atoms with E-state index < -0.39 is 11.9 Å². The highest BCUT2D eigenvalue weighted by Crippen LogP contribution is 2.37. The summed E-state index contributed by atoms with van der Waals surface area (Å²) in [5, 5.41) is 13.2. The van der Waals surface area contributed by atoms with Gasteiger partial charge in [-0.2, -0.15) is 4.89 Å². The number of amides is 1. The second-order valence-corrected chi connectivity index (χ2v) is 8.86. The topological polar surface area (TPSA) is 101 Å². The average molecular weight is 481 g/mol. The van der Waals surface area contributed by atoms with Gasteiger partial charge in [0.05, 0.1) is 17.6 Å². The molecular weight excluding hydrogens is 462 g/mol. The first-order valence-corrected chi connectivity index (χ1v) is 11.5. The van der Waals surface area contributed by atoms with Crippen LogP contribution in [0.3, 0.4) is 0 Å². The number of fused-ring (bicyclic) bond motifs is 3. The standard InChI is InChI=1S/C27H19N3O6/c31-26-18-9-3-1-8-17(18)14-28(26)25-24(23-13-16-7-2-5-11-21(16)35-36-23)20(15-29(25)33)30-19-10-4-6-12-22(19)34-27(30)32/h1-12,15,23,29H,13-14H2. The van der Waals surface area contributed by atoms with Gasteiger partial charge in [-0.15, -0.1) is 0 Å². The van der Waals surface area contributed by atoms with Crippen molar-refractivity contribution in [2.24, 2.45) is 0 Å². The molecule has 4 heterocycles. The lowest BCUT2D eigenvalue weighted by Crippen LogP contribution is -3.01. The second kappa shape index (κ2) is 7.79. The van der Waals surface area contributed by atoms with Crippen molar-refractivity contribution in [3.05, 3.63) is 123 Å². The first-order chi connectivity index (χ1) is 17.6. The Labute approximate surface area is 204 Å². The Bertz CT molecular complexity index is 1680. The monoisotopic (exact) mass is 481 g/mol. The predicted molar refractivity (Wildman–Crippen MR) is 128 cm³/mol. The third-order valence-corrected chi connectivity index (χ3v) is 6.80. The van der Waals surface area contributed by atoms with E-state index >= 15 is 0 Å². The molecule has 2 unspecified atom stereocenters. The number of hydrogen-bond acceptors (Lipinski definition) is 6. The van der Waals surface area contributed by atoms with E-state index in [1.165, 1.54) is 15.7 Å². The molecule has 0 spiro atoms. The number of carbonyl (C=O) groups is 1. The molecule has 0 aliphatic carbocycles. The summed E-state index contributed by atoms with van der Waals surface area (Å²) in [7, 11) is 0. The van der Waals surface area contributed by atoms with Gasteiger partial charge in [-0.05, 0) is 29.8 Å². The van der Waals surface area contributed by atoms with Gasteiger partial charge < -0.3 is 14.5 Å². The van der Waals surface area contributed by atoms with E-state index in [0.29, 0.717) is 40.1 Å². The van der Waals surface area contributed by atoms with Gasteiger partial charge in [-0.1, -0.05) is 48.5 Å². The summed E-state index contributed by atoms with van der Waals surface area (Å²) >= 11 is 0. The molecule has 3 aromatic carbocycles. The largest absolute Gasteiger partial charge is 0.623 e. The van der Waals surface area contributed by atoms with Crippen LogP contribution >= 0.6 is 0 Å². The van der Waals surface area contributed by atoms with Crippen LogP contribution in [-0.2, 0) is 17.9 Å². The van der Waals surface area contributed by atoms with E-state index in [9.17, 15) is 14.8 Å². The van der Waals surface area contributed by atoms with Crippen LogP contribution in [0.25, 0.3) is 16.8 Å². The zero-order chi connectivity index (χ0) is 24.4. The number of oxazole rings is 1. The molecule has 2 atom stereocenters. The smallest absolute Gasteiger partial charge is 0.424 e. The van der Waals surface area contributed by atoms with Crippen molar-refractivity contribution in [2.75, 3.05) is 0 Å². The van der Waals surface area contributed by atoms with Crippen LogP contribution in [0.1, 0.15) is 21.5 Å². The maximum atomic E-state index is 13.5. The Hall–Kier alpha value is -4.44. The fraction of sp³-hybridized carbons (Fsp3) is 0.111. The predicted octanol–water partition coefficient (Wildman–Crippen LogP) is 2.59. The van der Waals surface area contributed by atoms with Crippen molar-refractivity contribution in [3.8, 4) is 5.75 Å². The van der Waals surface area contributed by atoms with Crippen molar-refractivity contribution >= 4 is 22.7 Å². The zero-order valence-corrected chi connectivity index (χ0v) is 18.8. The first-order valence-electron chi connectivity index (χ1n) is 11.5. The summed E-state index contributed by atoms with van der Waals surface area (Å²) in [6.07, 6.45) is 1.01. The van der Waals surface area contributed by atoms with Crippen LogP contribution in [0.4, 0.5) is 0 Å². The average Bonchev–Trinajstić information content (AvgIpc) is 3.53. The maximum absolute atomic E-state index is 13.5. The van der Waals surface area contributed by atoms with Crippen molar-refractivity contribution in [1.82, 2.24) is 9.47 Å². The molecule has 3 aliphatic rings. The third-order valence-electron chi connectivity index (χ3n) is 6.80. The van der Waals surface area contributed by atoms with E-state index in [1.54, 1.807) is 42.5 Å². The molecule has 178 valence electrons. The van der Waals surface area contributed by atoms with Crippen molar-refractivity contribution < 1.29 is 24.1 Å².